The Labute approximate surface area is 162 Å². The lowest BCUT2D eigenvalue weighted by atomic mass is 9.45. The fraction of sp³-hybridized carbons (Fsp3) is 0.762. The van der Waals surface area contributed by atoms with E-state index in [4.69, 9.17) is 4.74 Å². The van der Waals surface area contributed by atoms with Crippen LogP contribution in [0, 0.1) is 22.7 Å². The van der Waals surface area contributed by atoms with E-state index in [9.17, 15) is 14.5 Å². The fourth-order valence-corrected chi connectivity index (χ4v) is 9.16. The van der Waals surface area contributed by atoms with Gasteiger partial charge in [-0.05, 0) is 61.9 Å². The molecule has 1 aliphatic heterocycles. The smallest absolute Gasteiger partial charge is 0.231 e. The lowest BCUT2D eigenvalue weighted by molar-refractivity contribution is -0.208. The molecule has 0 aromatic rings. The Morgan fingerprint density at radius 1 is 1.33 bits per heavy atom. The lowest BCUT2D eigenvalue weighted by Crippen LogP contribution is -2.68. The van der Waals surface area contributed by atoms with E-state index in [2.05, 4.69) is 6.92 Å². The molecule has 1 spiro atoms. The van der Waals surface area contributed by atoms with Crippen molar-refractivity contribution >= 4 is 17.0 Å². The second-order valence-electron chi connectivity index (χ2n) is 9.45. The standard InChI is InChI=1S/C21H27FO4S/c1-18-7-5-14(23)11-13(18)3-4-16-15-6-8-20(26-9-10-27(20)25)19(15,2)12-17(24)21(16,18)22/h5,7,11,15-17,24H,3-4,6,8-10,12H2,1-2H3/t15-,16-,17-,18-,19-,20-,21?,27?/m0/s1. The Balaban J connectivity index is 1.61. The minimum absolute atomic E-state index is 0.0253. The molecule has 5 aliphatic rings. The van der Waals surface area contributed by atoms with Crippen LogP contribution in [0.15, 0.2) is 23.8 Å². The van der Waals surface area contributed by atoms with Crippen molar-refractivity contribution < 1.29 is 23.6 Å². The van der Waals surface area contributed by atoms with Crippen molar-refractivity contribution in [1.82, 2.24) is 0 Å². The molecule has 27 heavy (non-hydrogen) atoms. The molecule has 2 unspecified atom stereocenters. The van der Waals surface area contributed by atoms with Crippen LogP contribution in [0.2, 0.25) is 0 Å². The molecule has 4 aliphatic carbocycles. The van der Waals surface area contributed by atoms with Gasteiger partial charge in [-0.3, -0.25) is 4.79 Å². The highest BCUT2D eigenvalue weighted by molar-refractivity contribution is 7.92. The largest absolute Gasteiger partial charge is 0.614 e. The molecule has 1 saturated heterocycles. The van der Waals surface area contributed by atoms with Crippen molar-refractivity contribution in [2.45, 2.75) is 62.7 Å². The van der Waals surface area contributed by atoms with Crippen molar-refractivity contribution in [1.29, 1.82) is 0 Å². The number of rotatable bonds is 0. The van der Waals surface area contributed by atoms with Gasteiger partial charge in [-0.15, -0.1) is 0 Å². The van der Waals surface area contributed by atoms with Gasteiger partial charge < -0.3 is 14.4 Å². The first-order valence-corrected chi connectivity index (χ1v) is 11.3. The normalized spacial score (nSPS) is 56.6. The van der Waals surface area contributed by atoms with Crippen molar-refractivity contribution in [3.05, 3.63) is 23.8 Å². The van der Waals surface area contributed by atoms with E-state index in [1.165, 1.54) is 6.08 Å². The highest BCUT2D eigenvalue weighted by Gasteiger charge is 2.77. The van der Waals surface area contributed by atoms with Crippen LogP contribution in [0.3, 0.4) is 0 Å². The molecule has 0 aromatic carbocycles. The number of aliphatic hydroxyl groups excluding tert-OH is 1. The number of fused-ring (bicyclic) bond motifs is 6. The maximum absolute atomic E-state index is 16.9. The third-order valence-corrected chi connectivity index (χ3v) is 10.7. The molecular formula is C21H27FO4S. The minimum Gasteiger partial charge on any atom is -0.614 e. The number of hydrogen-bond acceptors (Lipinski definition) is 4. The molecule has 0 aromatic heterocycles. The molecule has 0 radical (unpaired) electrons. The van der Waals surface area contributed by atoms with Crippen molar-refractivity contribution in [3.8, 4) is 0 Å². The Kier molecular flexibility index (Phi) is 3.71. The SMILES string of the molecule is C[C@]12C=CC(=O)C=C1CC[C@H]1[C@@H]3CC[C@@]4(OCC[S+]4[O-])[C@@]3(C)C[C@H](O)C12F. The van der Waals surface area contributed by atoms with E-state index in [1.54, 1.807) is 12.2 Å². The molecule has 148 valence electrons. The number of carbonyl (C=O) groups is 1. The Hall–Kier alpha value is -0.690. The first kappa shape index (κ1) is 18.3. The van der Waals surface area contributed by atoms with Gasteiger partial charge in [0.25, 0.3) is 0 Å². The van der Waals surface area contributed by atoms with E-state index in [0.717, 1.165) is 12.0 Å². The van der Waals surface area contributed by atoms with Crippen LogP contribution in [0.1, 0.15) is 46.0 Å². The molecule has 0 amide bonds. The monoisotopic (exact) mass is 394 g/mol. The zero-order chi connectivity index (χ0) is 19.2. The topological polar surface area (TPSA) is 69.6 Å². The Bertz CT molecular complexity index is 767. The lowest BCUT2D eigenvalue weighted by Gasteiger charge is -2.62. The number of carbonyl (C=O) groups excluding carboxylic acids is 1. The molecule has 4 nitrogen and oxygen atoms in total. The van der Waals surface area contributed by atoms with Gasteiger partial charge in [-0.25, -0.2) is 4.39 Å². The van der Waals surface area contributed by atoms with Crippen LogP contribution < -0.4 is 0 Å². The van der Waals surface area contributed by atoms with E-state index < -0.39 is 38.7 Å². The summed E-state index contributed by atoms with van der Waals surface area (Å²) in [5.74, 6) is 0.123. The molecule has 4 fully saturated rings. The Morgan fingerprint density at radius 3 is 2.81 bits per heavy atom. The van der Waals surface area contributed by atoms with E-state index >= 15 is 4.39 Å². The Morgan fingerprint density at radius 2 is 2.11 bits per heavy atom. The second-order valence-corrected chi connectivity index (χ2v) is 11.2. The van der Waals surface area contributed by atoms with E-state index in [0.29, 0.717) is 31.6 Å². The van der Waals surface area contributed by atoms with Gasteiger partial charge >= 0.3 is 0 Å². The summed E-state index contributed by atoms with van der Waals surface area (Å²) in [4.78, 5) is 11.1. The van der Waals surface area contributed by atoms with Crippen molar-refractivity contribution in [2.24, 2.45) is 22.7 Å². The van der Waals surface area contributed by atoms with Gasteiger partial charge in [0, 0.05) is 23.2 Å². The van der Waals surface area contributed by atoms with Gasteiger partial charge in [0.1, 0.15) is 5.75 Å². The maximum atomic E-state index is 16.9. The summed E-state index contributed by atoms with van der Waals surface area (Å²) in [5.41, 5.74) is -2.47. The molecule has 0 bridgehead atoms. The van der Waals surface area contributed by atoms with Crippen LogP contribution in [0.4, 0.5) is 4.39 Å². The summed E-state index contributed by atoms with van der Waals surface area (Å²) in [6.45, 7) is 4.37. The van der Waals surface area contributed by atoms with Gasteiger partial charge in [-0.1, -0.05) is 18.6 Å². The number of ketones is 1. The molecule has 1 N–H and O–H groups in total. The summed E-state index contributed by atoms with van der Waals surface area (Å²) in [6, 6.07) is 0. The summed E-state index contributed by atoms with van der Waals surface area (Å²) in [6.07, 6.45) is 6.49. The van der Waals surface area contributed by atoms with Gasteiger partial charge in [-0.2, -0.15) is 0 Å². The third kappa shape index (κ3) is 1.93. The zero-order valence-electron chi connectivity index (χ0n) is 15.9. The van der Waals surface area contributed by atoms with Crippen molar-refractivity contribution in [3.63, 3.8) is 0 Å². The highest BCUT2D eigenvalue weighted by atomic mass is 32.2. The number of alkyl halides is 1. The van der Waals surface area contributed by atoms with E-state index in [-0.39, 0.29) is 24.0 Å². The third-order valence-electron chi connectivity index (χ3n) is 8.66. The average Bonchev–Trinajstić information content (AvgIpc) is 3.13. The number of hydrogen-bond donors (Lipinski definition) is 1. The molecular weight excluding hydrogens is 367 g/mol. The van der Waals surface area contributed by atoms with Gasteiger partial charge in [0.05, 0.1) is 12.7 Å². The van der Waals surface area contributed by atoms with Crippen molar-refractivity contribution in [2.75, 3.05) is 12.4 Å². The molecule has 1 heterocycles. The molecule has 8 atom stereocenters. The zero-order valence-corrected chi connectivity index (χ0v) is 16.7. The van der Waals surface area contributed by atoms with Crippen LogP contribution in [0.25, 0.3) is 0 Å². The number of aliphatic hydroxyl groups is 1. The average molecular weight is 395 g/mol. The summed E-state index contributed by atoms with van der Waals surface area (Å²) < 4.78 is 35.8. The van der Waals surface area contributed by atoms with Gasteiger partial charge in [0.15, 0.2) is 11.5 Å². The molecule has 6 heteroatoms. The minimum atomic E-state index is -1.82. The highest BCUT2D eigenvalue weighted by Crippen LogP contribution is 2.71. The summed E-state index contributed by atoms with van der Waals surface area (Å²) in [7, 11) is 0. The quantitative estimate of drug-likeness (QED) is 0.642. The fourth-order valence-electron chi connectivity index (χ4n) is 7.28. The number of allylic oxidation sites excluding steroid dienone is 4. The summed E-state index contributed by atoms with van der Waals surface area (Å²) >= 11 is -1.10. The molecule has 3 saturated carbocycles. The maximum Gasteiger partial charge on any atom is 0.231 e. The van der Waals surface area contributed by atoms with Gasteiger partial charge in [0.2, 0.25) is 4.93 Å². The number of halogens is 1. The number of ether oxygens (including phenoxy) is 1. The van der Waals surface area contributed by atoms with Crippen LogP contribution in [0.5, 0.6) is 0 Å². The molecule has 5 rings (SSSR count). The van der Waals surface area contributed by atoms with E-state index in [1.807, 2.05) is 6.92 Å². The summed E-state index contributed by atoms with van der Waals surface area (Å²) in [5, 5.41) is 11.2. The first-order valence-electron chi connectivity index (χ1n) is 10.0. The predicted molar refractivity (Wildman–Crippen MR) is 100 cm³/mol. The van der Waals surface area contributed by atoms with Crippen LogP contribution in [-0.4, -0.2) is 44.5 Å². The second kappa shape index (κ2) is 5.47. The van der Waals surface area contributed by atoms with Crippen LogP contribution >= 0.6 is 0 Å². The first-order chi connectivity index (χ1) is 12.7. The van der Waals surface area contributed by atoms with Crippen LogP contribution in [-0.2, 0) is 20.7 Å². The predicted octanol–water partition coefficient (Wildman–Crippen LogP) is 2.83.